The highest BCUT2D eigenvalue weighted by molar-refractivity contribution is 5.86. The summed E-state index contributed by atoms with van der Waals surface area (Å²) < 4.78 is 10.9. The molecule has 8 heteroatoms. The zero-order valence-electron chi connectivity index (χ0n) is 20.0. The van der Waals surface area contributed by atoms with Crippen LogP contribution in [0.2, 0.25) is 0 Å². The van der Waals surface area contributed by atoms with Crippen molar-refractivity contribution in [2.24, 2.45) is 11.8 Å². The quantitative estimate of drug-likeness (QED) is 0.506. The molecule has 0 saturated heterocycles. The molecule has 0 radical (unpaired) electrons. The van der Waals surface area contributed by atoms with Crippen LogP contribution in [0.1, 0.15) is 43.2 Å². The van der Waals surface area contributed by atoms with E-state index in [0.717, 1.165) is 35.1 Å². The van der Waals surface area contributed by atoms with Gasteiger partial charge in [0.1, 0.15) is 12.6 Å². The number of fused-ring (bicyclic) bond motifs is 3. The summed E-state index contributed by atoms with van der Waals surface area (Å²) >= 11 is 0. The van der Waals surface area contributed by atoms with Gasteiger partial charge in [0.2, 0.25) is 5.91 Å². The number of rotatable bonds is 9. The van der Waals surface area contributed by atoms with Gasteiger partial charge in [-0.15, -0.1) is 0 Å². The number of aliphatic carboxylic acids is 1. The van der Waals surface area contributed by atoms with Gasteiger partial charge in [0.05, 0.1) is 12.0 Å². The van der Waals surface area contributed by atoms with E-state index in [1.54, 1.807) is 6.92 Å². The summed E-state index contributed by atoms with van der Waals surface area (Å²) in [5.74, 6) is -1.92. The Kier molecular flexibility index (Phi) is 7.70. The third-order valence-electron chi connectivity index (χ3n) is 7.26. The molecule has 8 nitrogen and oxygen atoms in total. The van der Waals surface area contributed by atoms with Crippen molar-refractivity contribution < 1.29 is 29.0 Å². The van der Waals surface area contributed by atoms with Crippen LogP contribution < -0.4 is 10.6 Å². The lowest BCUT2D eigenvalue weighted by Crippen LogP contribution is -2.54. The van der Waals surface area contributed by atoms with Crippen LogP contribution in [0.4, 0.5) is 4.79 Å². The SMILES string of the molecule is COC(C)C(NC(=O)OCC1c2ccccc2-c2ccccc21)C(=O)NCC1CCCC1C(=O)O. The lowest BCUT2D eigenvalue weighted by molar-refractivity contribution is -0.143. The fraction of sp³-hybridized carbons (Fsp3) is 0.444. The number of alkyl carbamates (subject to hydrolysis) is 1. The number of hydrogen-bond acceptors (Lipinski definition) is 5. The number of amides is 2. The summed E-state index contributed by atoms with van der Waals surface area (Å²) in [6.45, 7) is 2.07. The minimum absolute atomic E-state index is 0.0874. The fourth-order valence-electron chi connectivity index (χ4n) is 5.25. The molecule has 2 aliphatic rings. The molecule has 1 saturated carbocycles. The predicted octanol–water partition coefficient (Wildman–Crippen LogP) is 3.55. The van der Waals surface area contributed by atoms with Crippen LogP contribution in [-0.2, 0) is 19.1 Å². The number of hydrogen-bond donors (Lipinski definition) is 3. The van der Waals surface area contributed by atoms with E-state index in [-0.39, 0.29) is 25.0 Å². The second kappa shape index (κ2) is 10.9. The summed E-state index contributed by atoms with van der Waals surface area (Å²) in [6.07, 6.45) is 0.885. The van der Waals surface area contributed by atoms with E-state index in [0.29, 0.717) is 6.42 Å². The van der Waals surface area contributed by atoms with Crippen LogP contribution in [0.25, 0.3) is 11.1 Å². The molecule has 2 aromatic rings. The highest BCUT2D eigenvalue weighted by Gasteiger charge is 2.35. The Labute approximate surface area is 205 Å². The maximum Gasteiger partial charge on any atom is 0.407 e. The monoisotopic (exact) mass is 480 g/mol. The fourth-order valence-corrected chi connectivity index (χ4v) is 5.25. The number of carbonyl (C=O) groups is 3. The van der Waals surface area contributed by atoms with Crippen molar-refractivity contribution in [3.63, 3.8) is 0 Å². The van der Waals surface area contributed by atoms with E-state index in [1.165, 1.54) is 7.11 Å². The first-order valence-corrected chi connectivity index (χ1v) is 12.1. The zero-order valence-corrected chi connectivity index (χ0v) is 20.0. The molecule has 4 atom stereocenters. The standard InChI is InChI=1S/C27H32N2O6/c1-16(34-2)24(25(30)28-14-17-8-7-13-18(17)26(31)32)29-27(33)35-15-23-21-11-5-3-9-19(21)20-10-4-6-12-22(20)23/h3-6,9-12,16-18,23-24H,7-8,13-15H2,1-2H3,(H,28,30)(H,29,33)(H,31,32). The molecule has 0 aromatic heterocycles. The van der Waals surface area contributed by atoms with E-state index in [9.17, 15) is 19.5 Å². The highest BCUT2D eigenvalue weighted by Crippen LogP contribution is 2.44. The summed E-state index contributed by atoms with van der Waals surface area (Å²) in [7, 11) is 1.46. The van der Waals surface area contributed by atoms with Gasteiger partial charge in [-0.2, -0.15) is 0 Å². The van der Waals surface area contributed by atoms with Crippen molar-refractivity contribution in [2.75, 3.05) is 20.3 Å². The van der Waals surface area contributed by atoms with Gasteiger partial charge in [-0.1, -0.05) is 55.0 Å². The molecule has 0 bridgehead atoms. The van der Waals surface area contributed by atoms with Gasteiger partial charge < -0.3 is 25.2 Å². The lowest BCUT2D eigenvalue weighted by Gasteiger charge is -2.25. The van der Waals surface area contributed by atoms with E-state index in [4.69, 9.17) is 9.47 Å². The molecule has 2 aliphatic carbocycles. The van der Waals surface area contributed by atoms with Gasteiger partial charge in [-0.05, 0) is 47.9 Å². The highest BCUT2D eigenvalue weighted by atomic mass is 16.5. The second-order valence-corrected chi connectivity index (χ2v) is 9.27. The molecule has 1 fully saturated rings. The number of benzene rings is 2. The molecule has 0 spiro atoms. The molecule has 0 heterocycles. The smallest absolute Gasteiger partial charge is 0.407 e. The van der Waals surface area contributed by atoms with Gasteiger partial charge in [0.25, 0.3) is 0 Å². The molecular weight excluding hydrogens is 448 g/mol. The molecular formula is C27H32N2O6. The third-order valence-corrected chi connectivity index (χ3v) is 7.26. The number of methoxy groups -OCH3 is 1. The molecule has 0 aliphatic heterocycles. The molecule has 2 aromatic carbocycles. The Balaban J connectivity index is 1.37. The largest absolute Gasteiger partial charge is 0.481 e. The average molecular weight is 481 g/mol. The summed E-state index contributed by atoms with van der Waals surface area (Å²) in [5.41, 5.74) is 4.47. The van der Waals surface area contributed by atoms with Crippen LogP contribution in [0.5, 0.6) is 0 Å². The van der Waals surface area contributed by atoms with Crippen molar-refractivity contribution >= 4 is 18.0 Å². The van der Waals surface area contributed by atoms with E-state index in [1.807, 2.05) is 36.4 Å². The number of ether oxygens (including phenoxy) is 2. The molecule has 4 rings (SSSR count). The molecule has 186 valence electrons. The van der Waals surface area contributed by atoms with Gasteiger partial charge in [0.15, 0.2) is 0 Å². The van der Waals surface area contributed by atoms with Gasteiger partial charge in [-0.3, -0.25) is 9.59 Å². The minimum atomic E-state index is -0.972. The first kappa shape index (κ1) is 24.7. The number of carbonyl (C=O) groups excluding carboxylic acids is 2. The second-order valence-electron chi connectivity index (χ2n) is 9.27. The third kappa shape index (κ3) is 5.32. The van der Waals surface area contributed by atoms with Crippen LogP contribution in [0, 0.1) is 11.8 Å². The van der Waals surface area contributed by atoms with E-state index in [2.05, 4.69) is 22.8 Å². The van der Waals surface area contributed by atoms with Gasteiger partial charge >= 0.3 is 12.1 Å². The average Bonchev–Trinajstić information content (AvgIpc) is 3.47. The van der Waals surface area contributed by atoms with Crippen molar-refractivity contribution in [1.82, 2.24) is 10.6 Å². The molecule has 4 unspecified atom stereocenters. The molecule has 3 N–H and O–H groups in total. The van der Waals surface area contributed by atoms with Crippen molar-refractivity contribution in [2.45, 2.75) is 44.2 Å². The molecule has 35 heavy (non-hydrogen) atoms. The number of carboxylic acid groups (broad SMARTS) is 1. The maximum absolute atomic E-state index is 12.9. The summed E-state index contributed by atoms with van der Waals surface area (Å²) in [6, 6.07) is 15.2. The summed E-state index contributed by atoms with van der Waals surface area (Å²) in [4.78, 5) is 37.0. The van der Waals surface area contributed by atoms with Crippen molar-refractivity contribution in [3.8, 4) is 11.1 Å². The van der Waals surface area contributed by atoms with Gasteiger partial charge in [-0.25, -0.2) is 4.79 Å². The van der Waals surface area contributed by atoms with Crippen LogP contribution in [-0.4, -0.2) is 55.5 Å². The predicted molar refractivity (Wildman–Crippen MR) is 130 cm³/mol. The molecule has 2 amide bonds. The number of nitrogens with one attached hydrogen (secondary N) is 2. The first-order valence-electron chi connectivity index (χ1n) is 12.1. The normalized spacial score (nSPS) is 20.4. The van der Waals surface area contributed by atoms with Crippen LogP contribution in [0.3, 0.4) is 0 Å². The minimum Gasteiger partial charge on any atom is -0.481 e. The Bertz CT molecular complexity index is 1040. The first-order chi connectivity index (χ1) is 16.9. The van der Waals surface area contributed by atoms with Crippen molar-refractivity contribution in [1.29, 1.82) is 0 Å². The zero-order chi connectivity index (χ0) is 24.9. The van der Waals surface area contributed by atoms with Gasteiger partial charge in [0, 0.05) is 19.6 Å². The van der Waals surface area contributed by atoms with Crippen LogP contribution in [0.15, 0.2) is 48.5 Å². The summed E-state index contributed by atoms with van der Waals surface area (Å²) in [5, 5.41) is 14.8. The lowest BCUT2D eigenvalue weighted by atomic mass is 9.96. The van der Waals surface area contributed by atoms with Crippen molar-refractivity contribution in [3.05, 3.63) is 59.7 Å². The van der Waals surface area contributed by atoms with Crippen LogP contribution >= 0.6 is 0 Å². The Morgan fingerprint density at radius 3 is 2.26 bits per heavy atom. The maximum atomic E-state index is 12.9. The topological polar surface area (TPSA) is 114 Å². The van der Waals surface area contributed by atoms with E-state index < -0.39 is 36.0 Å². The number of carboxylic acids is 1. The Hall–Kier alpha value is -3.39. The Morgan fingerprint density at radius 2 is 1.66 bits per heavy atom. The van der Waals surface area contributed by atoms with E-state index >= 15 is 0 Å². The Morgan fingerprint density at radius 1 is 1.03 bits per heavy atom.